The number of amides is 1. The van der Waals surface area contributed by atoms with Gasteiger partial charge < -0.3 is 24.6 Å². The van der Waals surface area contributed by atoms with Gasteiger partial charge >= 0.3 is 0 Å². The van der Waals surface area contributed by atoms with Crippen LogP contribution in [-0.4, -0.2) is 72.6 Å². The number of fused-ring (bicyclic) bond motifs is 1. The number of aromatic nitrogens is 2. The first-order valence-electron chi connectivity index (χ1n) is 10.8. The molecule has 184 valence electrons. The minimum absolute atomic E-state index is 0.0369. The third kappa shape index (κ3) is 5.44. The number of hydrogen-bond acceptors (Lipinski definition) is 7. The molecule has 0 unspecified atom stereocenters. The van der Waals surface area contributed by atoms with Crippen LogP contribution >= 0.6 is 11.6 Å². The van der Waals surface area contributed by atoms with Crippen LogP contribution in [-0.2, 0) is 4.79 Å². The molecule has 35 heavy (non-hydrogen) atoms. The molecule has 11 heteroatoms. The van der Waals surface area contributed by atoms with Crippen LogP contribution < -0.4 is 14.8 Å². The molecule has 0 spiro atoms. The molecule has 4 rings (SSSR count). The van der Waals surface area contributed by atoms with E-state index in [-0.39, 0.29) is 23.5 Å². The molecular weight excluding hydrogens is 480 g/mol. The van der Waals surface area contributed by atoms with Crippen molar-refractivity contribution < 1.29 is 23.0 Å². The molecule has 1 saturated heterocycles. The highest BCUT2D eigenvalue weighted by atomic mass is 35.5. The molecule has 0 aliphatic carbocycles. The predicted octanol–water partition coefficient (Wildman–Crippen LogP) is 4.02. The molecule has 1 aliphatic rings. The number of nitrogens with one attached hydrogen (secondary N) is 1. The molecule has 2 aromatic carbocycles. The van der Waals surface area contributed by atoms with Gasteiger partial charge in [0.25, 0.3) is 0 Å². The summed E-state index contributed by atoms with van der Waals surface area (Å²) in [7, 11) is 5.36. The molecule has 1 amide bonds. The molecule has 1 fully saturated rings. The molecule has 1 aliphatic heterocycles. The van der Waals surface area contributed by atoms with E-state index in [0.29, 0.717) is 42.0 Å². The fourth-order valence-corrected chi connectivity index (χ4v) is 3.67. The van der Waals surface area contributed by atoms with Crippen molar-refractivity contribution in [1.29, 1.82) is 0 Å². The van der Waals surface area contributed by atoms with E-state index in [1.165, 1.54) is 19.5 Å². The number of anilines is 2. The number of ether oxygens (including phenoxy) is 2. The van der Waals surface area contributed by atoms with E-state index >= 15 is 0 Å². The zero-order valence-corrected chi connectivity index (χ0v) is 20.1. The Morgan fingerprint density at radius 3 is 2.74 bits per heavy atom. The van der Waals surface area contributed by atoms with Gasteiger partial charge in [-0.05, 0) is 32.3 Å². The summed E-state index contributed by atoms with van der Waals surface area (Å²) in [5.41, 5.74) is 0.488. The van der Waals surface area contributed by atoms with Crippen molar-refractivity contribution in [3.05, 3.63) is 59.4 Å². The largest absolute Gasteiger partial charge is 0.493 e. The van der Waals surface area contributed by atoms with E-state index in [1.54, 1.807) is 23.1 Å². The van der Waals surface area contributed by atoms with Crippen LogP contribution in [0.2, 0.25) is 5.02 Å². The van der Waals surface area contributed by atoms with Gasteiger partial charge in [0.1, 0.15) is 29.1 Å². The van der Waals surface area contributed by atoms with Crippen molar-refractivity contribution in [3.63, 3.8) is 0 Å². The minimum atomic E-state index is -0.928. The molecule has 3 aromatic rings. The number of rotatable bonds is 8. The highest BCUT2D eigenvalue weighted by Gasteiger charge is 2.32. The summed E-state index contributed by atoms with van der Waals surface area (Å²) in [5, 5.41) is 2.76. The number of nitrogens with zero attached hydrogens (tertiary/aromatic N) is 4. The number of halogens is 3. The second kappa shape index (κ2) is 10.4. The van der Waals surface area contributed by atoms with Gasteiger partial charge in [-0.3, -0.25) is 4.79 Å². The molecule has 2 heterocycles. The summed E-state index contributed by atoms with van der Waals surface area (Å²) in [4.78, 5) is 24.3. The first kappa shape index (κ1) is 24.6. The highest BCUT2D eigenvalue weighted by Crippen LogP contribution is 2.37. The number of benzene rings is 2. The number of hydrogen-bond donors (Lipinski definition) is 1. The van der Waals surface area contributed by atoms with Crippen molar-refractivity contribution >= 4 is 39.9 Å². The first-order valence-corrected chi connectivity index (χ1v) is 11.1. The van der Waals surface area contributed by atoms with E-state index in [0.717, 1.165) is 6.07 Å². The molecule has 0 bridgehead atoms. The third-order valence-corrected chi connectivity index (χ3v) is 5.74. The Hall–Kier alpha value is -3.50. The maximum atomic E-state index is 14.4. The summed E-state index contributed by atoms with van der Waals surface area (Å²) in [6, 6.07) is 5.66. The maximum absolute atomic E-state index is 14.4. The minimum Gasteiger partial charge on any atom is -0.493 e. The van der Waals surface area contributed by atoms with Gasteiger partial charge in [0, 0.05) is 24.1 Å². The Morgan fingerprint density at radius 1 is 1.26 bits per heavy atom. The zero-order chi connectivity index (χ0) is 25.1. The maximum Gasteiger partial charge on any atom is 0.246 e. The number of carbonyl (C=O) groups is 1. The van der Waals surface area contributed by atoms with Crippen LogP contribution in [0.5, 0.6) is 11.5 Å². The summed E-state index contributed by atoms with van der Waals surface area (Å²) < 4.78 is 39.5. The topological polar surface area (TPSA) is 79.8 Å². The van der Waals surface area contributed by atoms with Gasteiger partial charge in [-0.2, -0.15) is 0 Å². The van der Waals surface area contributed by atoms with Gasteiger partial charge in [-0.25, -0.2) is 18.7 Å². The van der Waals surface area contributed by atoms with E-state index in [1.807, 2.05) is 25.1 Å². The zero-order valence-electron chi connectivity index (χ0n) is 19.4. The van der Waals surface area contributed by atoms with Gasteiger partial charge in [-0.1, -0.05) is 17.7 Å². The van der Waals surface area contributed by atoms with E-state index < -0.39 is 16.7 Å². The Labute approximate surface area is 206 Å². The van der Waals surface area contributed by atoms with Crippen LogP contribution in [0.4, 0.5) is 20.3 Å². The van der Waals surface area contributed by atoms with Gasteiger partial charge in [0.15, 0.2) is 17.3 Å². The van der Waals surface area contributed by atoms with E-state index in [4.69, 9.17) is 21.1 Å². The Balaban J connectivity index is 1.53. The Bertz CT molecular complexity index is 1280. The lowest BCUT2D eigenvalue weighted by molar-refractivity contribution is -0.134. The smallest absolute Gasteiger partial charge is 0.246 e. The fraction of sp³-hybridized carbons (Fsp3) is 0.292. The van der Waals surface area contributed by atoms with Gasteiger partial charge in [0.05, 0.1) is 31.4 Å². The first-order chi connectivity index (χ1) is 16.8. The molecule has 0 atom stereocenters. The third-order valence-electron chi connectivity index (χ3n) is 5.39. The van der Waals surface area contributed by atoms with Crippen molar-refractivity contribution in [2.24, 2.45) is 0 Å². The second-order valence-corrected chi connectivity index (χ2v) is 8.62. The summed E-state index contributed by atoms with van der Waals surface area (Å²) in [6.07, 6.45) is 4.46. The molecule has 1 N–H and O–H groups in total. The van der Waals surface area contributed by atoms with Crippen molar-refractivity contribution in [2.45, 2.75) is 6.10 Å². The second-order valence-electron chi connectivity index (χ2n) is 8.24. The van der Waals surface area contributed by atoms with E-state index in [2.05, 4.69) is 15.3 Å². The number of likely N-dealkylation sites (N-methyl/N-ethyl adjacent to an activating group) is 1. The number of carbonyl (C=O) groups excluding carboxylic acids is 1. The van der Waals surface area contributed by atoms with Crippen molar-refractivity contribution in [3.8, 4) is 11.5 Å². The standard InChI is InChI=1S/C24H24ClF2N5O3/c1-31(2)8-4-5-21(33)32-11-14(12-32)35-20-9-15-18(10-19(20)34-3)28-13-29-24(15)30-17-7-6-16(26)22(25)23(17)27/h4-7,9-10,13-14H,8,11-12H2,1-3H3,(H,28,29,30). The summed E-state index contributed by atoms with van der Waals surface area (Å²) in [6.45, 7) is 1.55. The quantitative estimate of drug-likeness (QED) is 0.367. The van der Waals surface area contributed by atoms with Gasteiger partial charge in [-0.15, -0.1) is 0 Å². The van der Waals surface area contributed by atoms with Crippen molar-refractivity contribution in [2.75, 3.05) is 46.2 Å². The molecule has 1 aromatic heterocycles. The summed E-state index contributed by atoms with van der Waals surface area (Å²) in [5.74, 6) is -0.701. The van der Waals surface area contributed by atoms with Crippen molar-refractivity contribution in [1.82, 2.24) is 19.8 Å². The van der Waals surface area contributed by atoms with Crippen LogP contribution in [0.3, 0.4) is 0 Å². The van der Waals surface area contributed by atoms with Crippen LogP contribution in [0.25, 0.3) is 10.9 Å². The highest BCUT2D eigenvalue weighted by molar-refractivity contribution is 6.31. The average Bonchev–Trinajstić information content (AvgIpc) is 2.80. The van der Waals surface area contributed by atoms with Crippen LogP contribution in [0.1, 0.15) is 0 Å². The van der Waals surface area contributed by atoms with Crippen LogP contribution in [0.15, 0.2) is 42.7 Å². The lowest BCUT2D eigenvalue weighted by Gasteiger charge is -2.38. The average molecular weight is 504 g/mol. The Morgan fingerprint density at radius 2 is 2.03 bits per heavy atom. The molecular formula is C24H24ClF2N5O3. The fourth-order valence-electron chi connectivity index (χ4n) is 3.51. The van der Waals surface area contributed by atoms with Crippen LogP contribution in [0, 0.1) is 11.6 Å². The molecule has 8 nitrogen and oxygen atoms in total. The number of methoxy groups -OCH3 is 1. The normalized spacial score (nSPS) is 14.0. The Kier molecular flexibility index (Phi) is 7.32. The SMILES string of the molecule is COc1cc2ncnc(Nc3ccc(F)c(Cl)c3F)c2cc1OC1CN(C(=O)C=CCN(C)C)C1. The lowest BCUT2D eigenvalue weighted by atomic mass is 10.1. The van der Waals surface area contributed by atoms with Gasteiger partial charge in [0.2, 0.25) is 5.91 Å². The molecule has 0 saturated carbocycles. The number of likely N-dealkylation sites (tertiary alicyclic amines) is 1. The lowest BCUT2D eigenvalue weighted by Crippen LogP contribution is -2.55. The predicted molar refractivity (Wildman–Crippen MR) is 129 cm³/mol. The summed E-state index contributed by atoms with van der Waals surface area (Å²) >= 11 is 5.69. The molecule has 0 radical (unpaired) electrons. The van der Waals surface area contributed by atoms with E-state index in [9.17, 15) is 13.6 Å². The monoisotopic (exact) mass is 503 g/mol.